The summed E-state index contributed by atoms with van der Waals surface area (Å²) in [4.78, 5) is 1.46. The van der Waals surface area contributed by atoms with Crippen LogP contribution in [0.5, 0.6) is 0 Å². The minimum Gasteiger partial charge on any atom is -0.362 e. The van der Waals surface area contributed by atoms with Gasteiger partial charge in [-0.05, 0) is 24.2 Å². The van der Waals surface area contributed by atoms with Gasteiger partial charge in [-0.15, -0.1) is 0 Å². The van der Waals surface area contributed by atoms with E-state index in [4.69, 9.17) is 12.2 Å². The normalized spacial score (nSPS) is 11.4. The Morgan fingerprint density at radius 2 is 1.80 bits per heavy atom. The lowest BCUT2D eigenvalue weighted by atomic mass is 9.93. The predicted octanol–water partition coefficient (Wildman–Crippen LogP) is 0.864. The van der Waals surface area contributed by atoms with Gasteiger partial charge in [0.15, 0.2) is 5.11 Å². The molecule has 0 aromatic heterocycles. The Morgan fingerprint density at radius 1 is 1.15 bits per heavy atom. The lowest BCUT2D eigenvalue weighted by molar-refractivity contribution is -0.865. The number of hydrogen-bond acceptors (Lipinski definition) is 1. The van der Waals surface area contributed by atoms with Crippen molar-refractivity contribution in [3.63, 3.8) is 0 Å². The van der Waals surface area contributed by atoms with Crippen molar-refractivity contribution in [3.8, 4) is 0 Å². The molecule has 0 bridgehead atoms. The molecule has 1 aromatic rings. The second-order valence-electron chi connectivity index (χ2n) is 6.39. The first-order valence-corrected chi connectivity index (χ1v) is 7.64. The summed E-state index contributed by atoms with van der Waals surface area (Å²) in [6, 6.07) is 10.5. The van der Waals surface area contributed by atoms with Crippen molar-refractivity contribution < 1.29 is 4.90 Å². The number of nitrogens with one attached hydrogen (secondary N) is 3. The maximum absolute atomic E-state index is 5.32. The van der Waals surface area contributed by atoms with Gasteiger partial charge in [0.2, 0.25) is 0 Å². The Labute approximate surface area is 128 Å². The van der Waals surface area contributed by atoms with E-state index in [1.54, 1.807) is 0 Å². The molecule has 0 atom stereocenters. The summed E-state index contributed by atoms with van der Waals surface area (Å²) in [7, 11) is 4.36. The molecule has 0 saturated heterocycles. The van der Waals surface area contributed by atoms with Crippen LogP contribution in [-0.2, 0) is 6.42 Å². The fourth-order valence-corrected chi connectivity index (χ4v) is 2.54. The molecule has 0 unspecified atom stereocenters. The zero-order valence-corrected chi connectivity index (χ0v) is 13.9. The third-order valence-corrected chi connectivity index (χ3v) is 3.39. The van der Waals surface area contributed by atoms with E-state index in [1.807, 2.05) is 6.07 Å². The van der Waals surface area contributed by atoms with Crippen LogP contribution in [0.1, 0.15) is 19.4 Å². The van der Waals surface area contributed by atoms with Crippen LogP contribution in [0, 0.1) is 5.41 Å². The average molecular weight is 294 g/mol. The first-order chi connectivity index (χ1) is 9.39. The summed E-state index contributed by atoms with van der Waals surface area (Å²) < 4.78 is 0. The number of hydrogen-bond donors (Lipinski definition) is 3. The highest BCUT2D eigenvalue weighted by molar-refractivity contribution is 7.80. The number of thiocarbonyl (C=S) groups is 1. The minimum atomic E-state index is 0.240. The Bertz CT molecular complexity index is 401. The van der Waals surface area contributed by atoms with Gasteiger partial charge in [-0.2, -0.15) is 0 Å². The molecule has 0 amide bonds. The van der Waals surface area contributed by atoms with Gasteiger partial charge in [0.05, 0.1) is 20.6 Å². The van der Waals surface area contributed by atoms with Gasteiger partial charge in [0.1, 0.15) is 0 Å². The lowest BCUT2D eigenvalue weighted by Gasteiger charge is -2.26. The number of rotatable bonds is 7. The second-order valence-corrected chi connectivity index (χ2v) is 6.80. The van der Waals surface area contributed by atoms with Crippen molar-refractivity contribution in [1.29, 1.82) is 0 Å². The maximum atomic E-state index is 5.32. The van der Waals surface area contributed by atoms with E-state index in [-0.39, 0.29) is 5.41 Å². The van der Waals surface area contributed by atoms with Crippen molar-refractivity contribution in [1.82, 2.24) is 10.6 Å². The Kier molecular flexibility index (Phi) is 6.96. The van der Waals surface area contributed by atoms with Crippen molar-refractivity contribution in [2.75, 3.05) is 33.7 Å². The SMILES string of the molecule is C[NH+](C)CC(C)(C)CNC(=S)NCCc1ccccc1. The quantitative estimate of drug-likeness (QED) is 0.652. The van der Waals surface area contributed by atoms with Crippen LogP contribution >= 0.6 is 12.2 Å². The van der Waals surface area contributed by atoms with Crippen LogP contribution in [0.2, 0.25) is 0 Å². The molecule has 0 fully saturated rings. The zero-order valence-electron chi connectivity index (χ0n) is 13.1. The van der Waals surface area contributed by atoms with Crippen molar-refractivity contribution >= 4 is 17.3 Å². The van der Waals surface area contributed by atoms with E-state index in [0.717, 1.165) is 31.2 Å². The summed E-state index contributed by atoms with van der Waals surface area (Å²) in [5.74, 6) is 0. The van der Waals surface area contributed by atoms with E-state index < -0.39 is 0 Å². The highest BCUT2D eigenvalue weighted by Gasteiger charge is 2.21. The summed E-state index contributed by atoms with van der Waals surface area (Å²) in [6.07, 6.45) is 0.994. The monoisotopic (exact) mass is 294 g/mol. The molecule has 0 aliphatic rings. The highest BCUT2D eigenvalue weighted by Crippen LogP contribution is 2.09. The fraction of sp³-hybridized carbons (Fsp3) is 0.562. The van der Waals surface area contributed by atoms with Crippen LogP contribution in [0.3, 0.4) is 0 Å². The molecular weight excluding hydrogens is 266 g/mol. The van der Waals surface area contributed by atoms with Crippen LogP contribution in [-0.4, -0.2) is 38.8 Å². The van der Waals surface area contributed by atoms with E-state index >= 15 is 0 Å². The molecule has 112 valence electrons. The number of quaternary nitrogens is 1. The number of benzene rings is 1. The van der Waals surface area contributed by atoms with E-state index in [2.05, 4.69) is 62.8 Å². The molecule has 1 aromatic carbocycles. The van der Waals surface area contributed by atoms with Crippen LogP contribution in [0.4, 0.5) is 0 Å². The summed E-state index contributed by atoms with van der Waals surface area (Å²) in [5.41, 5.74) is 1.57. The molecule has 0 radical (unpaired) electrons. The van der Waals surface area contributed by atoms with Crippen LogP contribution in [0.15, 0.2) is 30.3 Å². The Balaban J connectivity index is 2.20. The molecule has 0 saturated carbocycles. The molecule has 3 N–H and O–H groups in total. The topological polar surface area (TPSA) is 28.5 Å². The first kappa shape index (κ1) is 16.9. The van der Waals surface area contributed by atoms with Crippen molar-refractivity contribution in [2.45, 2.75) is 20.3 Å². The smallest absolute Gasteiger partial charge is 0.166 e. The van der Waals surface area contributed by atoms with Gasteiger partial charge in [0, 0.05) is 18.5 Å². The van der Waals surface area contributed by atoms with E-state index in [1.165, 1.54) is 10.5 Å². The van der Waals surface area contributed by atoms with Gasteiger partial charge >= 0.3 is 0 Å². The zero-order chi connectivity index (χ0) is 15.0. The largest absolute Gasteiger partial charge is 0.362 e. The molecule has 0 heterocycles. The van der Waals surface area contributed by atoms with Crippen molar-refractivity contribution in [2.24, 2.45) is 5.41 Å². The van der Waals surface area contributed by atoms with E-state index in [0.29, 0.717) is 0 Å². The molecular formula is C16H28N3S+. The first-order valence-electron chi connectivity index (χ1n) is 7.24. The summed E-state index contributed by atoms with van der Waals surface area (Å²) in [5, 5.41) is 7.34. The van der Waals surface area contributed by atoms with Crippen LogP contribution < -0.4 is 15.5 Å². The van der Waals surface area contributed by atoms with Gasteiger partial charge in [-0.1, -0.05) is 44.2 Å². The van der Waals surface area contributed by atoms with Gasteiger partial charge in [-0.25, -0.2) is 0 Å². The van der Waals surface area contributed by atoms with Gasteiger partial charge in [0.25, 0.3) is 0 Å². The molecule has 0 aliphatic carbocycles. The summed E-state index contributed by atoms with van der Waals surface area (Å²) in [6.45, 7) is 7.41. The lowest BCUT2D eigenvalue weighted by Crippen LogP contribution is -3.07. The van der Waals surface area contributed by atoms with Gasteiger partial charge in [-0.3, -0.25) is 0 Å². The second kappa shape index (κ2) is 8.22. The average Bonchev–Trinajstić information content (AvgIpc) is 2.36. The Morgan fingerprint density at radius 3 is 2.40 bits per heavy atom. The molecule has 3 nitrogen and oxygen atoms in total. The molecule has 0 spiro atoms. The minimum absolute atomic E-state index is 0.240. The molecule has 0 aliphatic heterocycles. The summed E-state index contributed by atoms with van der Waals surface area (Å²) >= 11 is 5.32. The molecule has 1 rings (SSSR count). The third-order valence-electron chi connectivity index (χ3n) is 3.10. The standard InChI is InChI=1S/C16H27N3S/c1-16(2,13-19(3)4)12-18-15(20)17-11-10-14-8-6-5-7-9-14/h5-9H,10-13H2,1-4H3,(H2,17,18,20)/p+1. The Hall–Kier alpha value is -1.13. The molecule has 4 heteroatoms. The van der Waals surface area contributed by atoms with E-state index in [9.17, 15) is 0 Å². The highest BCUT2D eigenvalue weighted by atomic mass is 32.1. The van der Waals surface area contributed by atoms with Crippen molar-refractivity contribution in [3.05, 3.63) is 35.9 Å². The predicted molar refractivity (Wildman–Crippen MR) is 90.2 cm³/mol. The molecule has 20 heavy (non-hydrogen) atoms. The fourth-order valence-electron chi connectivity index (χ4n) is 2.37. The third kappa shape index (κ3) is 7.46. The van der Waals surface area contributed by atoms with Gasteiger partial charge < -0.3 is 15.5 Å². The van der Waals surface area contributed by atoms with Crippen LogP contribution in [0.25, 0.3) is 0 Å². The maximum Gasteiger partial charge on any atom is 0.166 e.